The van der Waals surface area contributed by atoms with Gasteiger partial charge in [-0.1, -0.05) is 37.3 Å². The van der Waals surface area contributed by atoms with Crippen LogP contribution in [0.25, 0.3) is 0 Å². The van der Waals surface area contributed by atoms with E-state index in [1.807, 2.05) is 6.20 Å². The van der Waals surface area contributed by atoms with E-state index in [4.69, 9.17) is 4.74 Å². The summed E-state index contributed by atoms with van der Waals surface area (Å²) in [5.74, 6) is 1.80. The minimum atomic E-state index is 0.231. The maximum atomic E-state index is 5.81. The number of aromatic nitrogens is 1. The molecule has 0 radical (unpaired) electrons. The Hall–Kier alpha value is -2.60. The quantitative estimate of drug-likeness (QED) is 0.581. The van der Waals surface area contributed by atoms with Gasteiger partial charge in [0.1, 0.15) is 5.82 Å². The largest absolute Gasteiger partial charge is 0.372 e. The number of rotatable bonds is 6. The van der Waals surface area contributed by atoms with Crippen LogP contribution in [0.2, 0.25) is 0 Å². The van der Waals surface area contributed by atoms with Crippen molar-refractivity contribution in [2.24, 2.45) is 4.99 Å². The Morgan fingerprint density at radius 2 is 1.76 bits per heavy atom. The molecular weight excluding hydrogens is 362 g/mol. The molecule has 1 saturated heterocycles. The second-order valence-corrected chi connectivity index (χ2v) is 7.59. The van der Waals surface area contributed by atoms with Crippen molar-refractivity contribution >= 4 is 11.8 Å². The average molecular weight is 396 g/mol. The van der Waals surface area contributed by atoms with E-state index in [9.17, 15) is 0 Å². The van der Waals surface area contributed by atoms with Crippen molar-refractivity contribution in [2.75, 3.05) is 25.0 Å². The molecule has 2 heterocycles. The molecule has 0 spiro atoms. The molecule has 0 bridgehead atoms. The van der Waals surface area contributed by atoms with Crippen LogP contribution in [0.15, 0.2) is 47.6 Å². The third-order valence-corrected chi connectivity index (χ3v) is 5.18. The zero-order valence-electron chi connectivity index (χ0n) is 18.0. The van der Waals surface area contributed by atoms with Gasteiger partial charge >= 0.3 is 0 Å². The lowest BCUT2D eigenvalue weighted by atomic mass is 10.1. The van der Waals surface area contributed by atoms with Crippen molar-refractivity contribution in [1.82, 2.24) is 15.6 Å². The van der Waals surface area contributed by atoms with E-state index < -0.39 is 0 Å². The van der Waals surface area contributed by atoms with Crippen molar-refractivity contribution in [3.63, 3.8) is 0 Å². The molecule has 29 heavy (non-hydrogen) atoms. The molecule has 3 rings (SSSR count). The predicted molar refractivity (Wildman–Crippen MR) is 119 cm³/mol. The first kappa shape index (κ1) is 21.1. The minimum Gasteiger partial charge on any atom is -0.372 e. The predicted octanol–water partition coefficient (Wildman–Crippen LogP) is 3.12. The number of nitrogens with zero attached hydrogens (tertiary/aromatic N) is 3. The highest BCUT2D eigenvalue weighted by Crippen LogP contribution is 2.18. The topological polar surface area (TPSA) is 61.8 Å². The second-order valence-electron chi connectivity index (χ2n) is 7.59. The maximum absolute atomic E-state index is 5.81. The number of guanidine groups is 1. The van der Waals surface area contributed by atoms with Crippen LogP contribution in [0, 0.1) is 0 Å². The van der Waals surface area contributed by atoms with Gasteiger partial charge in [-0.05, 0) is 43.0 Å². The Balaban J connectivity index is 1.52. The number of benzene rings is 1. The third-order valence-electron chi connectivity index (χ3n) is 5.18. The van der Waals surface area contributed by atoms with Crippen molar-refractivity contribution < 1.29 is 4.74 Å². The lowest BCUT2D eigenvalue weighted by Crippen LogP contribution is -2.45. The Bertz CT molecular complexity index is 795. The van der Waals surface area contributed by atoms with Crippen LogP contribution in [0.4, 0.5) is 5.82 Å². The van der Waals surface area contributed by atoms with Crippen LogP contribution in [0.1, 0.15) is 37.5 Å². The second kappa shape index (κ2) is 10.3. The van der Waals surface area contributed by atoms with E-state index in [-0.39, 0.29) is 12.2 Å². The van der Waals surface area contributed by atoms with E-state index in [0.29, 0.717) is 6.54 Å². The van der Waals surface area contributed by atoms with Gasteiger partial charge in [-0.15, -0.1) is 0 Å². The summed E-state index contributed by atoms with van der Waals surface area (Å²) in [6.45, 7) is 9.60. The zero-order valence-corrected chi connectivity index (χ0v) is 18.0. The van der Waals surface area contributed by atoms with Crippen molar-refractivity contribution in [1.29, 1.82) is 0 Å². The van der Waals surface area contributed by atoms with Gasteiger partial charge in [0, 0.05) is 39.4 Å². The van der Waals surface area contributed by atoms with Gasteiger partial charge in [-0.25, -0.2) is 4.98 Å². The lowest BCUT2D eigenvalue weighted by Gasteiger charge is -2.36. The Kier molecular flexibility index (Phi) is 7.47. The smallest absolute Gasteiger partial charge is 0.191 e. The zero-order chi connectivity index (χ0) is 20.6. The highest BCUT2D eigenvalue weighted by Gasteiger charge is 2.22. The van der Waals surface area contributed by atoms with Gasteiger partial charge < -0.3 is 20.3 Å². The van der Waals surface area contributed by atoms with Gasteiger partial charge in [0.15, 0.2) is 5.96 Å². The molecule has 2 unspecified atom stereocenters. The lowest BCUT2D eigenvalue weighted by molar-refractivity contribution is -0.00545. The summed E-state index contributed by atoms with van der Waals surface area (Å²) in [6.07, 6.45) is 3.43. The van der Waals surface area contributed by atoms with Gasteiger partial charge in [0.05, 0.1) is 12.2 Å². The fourth-order valence-electron chi connectivity index (χ4n) is 3.73. The number of pyridine rings is 1. The van der Waals surface area contributed by atoms with Gasteiger partial charge in [-0.3, -0.25) is 4.99 Å². The van der Waals surface area contributed by atoms with E-state index >= 15 is 0 Å². The van der Waals surface area contributed by atoms with Gasteiger partial charge in [0.25, 0.3) is 0 Å². The number of hydrogen-bond donors (Lipinski definition) is 2. The van der Waals surface area contributed by atoms with Crippen molar-refractivity contribution in [3.05, 3.63) is 59.3 Å². The maximum Gasteiger partial charge on any atom is 0.191 e. The molecule has 0 aliphatic carbocycles. The number of anilines is 1. The van der Waals surface area contributed by atoms with Crippen molar-refractivity contribution in [3.8, 4) is 0 Å². The van der Waals surface area contributed by atoms with Crippen LogP contribution in [-0.2, 0) is 24.2 Å². The molecule has 1 fully saturated rings. The normalized spacial score (nSPS) is 19.9. The summed E-state index contributed by atoms with van der Waals surface area (Å²) in [5, 5.41) is 6.77. The molecule has 0 saturated carbocycles. The summed E-state index contributed by atoms with van der Waals surface area (Å²) in [7, 11) is 1.79. The molecule has 0 amide bonds. The van der Waals surface area contributed by atoms with Crippen molar-refractivity contribution in [2.45, 2.75) is 52.5 Å². The van der Waals surface area contributed by atoms with E-state index in [0.717, 1.165) is 43.4 Å². The van der Waals surface area contributed by atoms with Crippen LogP contribution in [0.5, 0.6) is 0 Å². The van der Waals surface area contributed by atoms with E-state index in [1.54, 1.807) is 7.05 Å². The number of ether oxygens (including phenoxy) is 1. The number of aryl methyl sites for hydroxylation is 1. The molecule has 6 nitrogen and oxygen atoms in total. The summed E-state index contributed by atoms with van der Waals surface area (Å²) in [6, 6.07) is 12.7. The molecule has 2 aromatic rings. The molecular formula is C23H33N5O. The highest BCUT2D eigenvalue weighted by molar-refractivity contribution is 5.79. The number of hydrogen-bond acceptors (Lipinski definition) is 4. The number of nitrogens with one attached hydrogen (secondary N) is 2. The van der Waals surface area contributed by atoms with Crippen LogP contribution in [0.3, 0.4) is 0 Å². The van der Waals surface area contributed by atoms with Crippen LogP contribution in [-0.4, -0.2) is 43.3 Å². The SMILES string of the molecule is CCc1ccccc1CNC(=NC)NCc1ccc(N2CC(C)OC(C)C2)nc1. The molecule has 2 atom stereocenters. The molecule has 1 aliphatic rings. The standard InChI is InChI=1S/C23H33N5O/c1-5-20-8-6-7-9-21(20)14-27-23(24-4)26-13-19-10-11-22(25-12-19)28-15-17(2)29-18(3)16-28/h6-12,17-18H,5,13-16H2,1-4H3,(H2,24,26,27). The monoisotopic (exact) mass is 395 g/mol. The molecule has 156 valence electrons. The van der Waals surface area contributed by atoms with Crippen LogP contribution >= 0.6 is 0 Å². The highest BCUT2D eigenvalue weighted by atomic mass is 16.5. The molecule has 1 aromatic heterocycles. The van der Waals surface area contributed by atoms with Crippen LogP contribution < -0.4 is 15.5 Å². The Morgan fingerprint density at radius 3 is 2.38 bits per heavy atom. The third kappa shape index (κ3) is 5.94. The number of morpholine rings is 1. The average Bonchev–Trinajstić information content (AvgIpc) is 2.74. The Morgan fingerprint density at radius 1 is 1.07 bits per heavy atom. The van der Waals surface area contributed by atoms with E-state index in [1.165, 1.54) is 11.1 Å². The summed E-state index contributed by atoms with van der Waals surface area (Å²) < 4.78 is 5.81. The summed E-state index contributed by atoms with van der Waals surface area (Å²) >= 11 is 0. The first-order chi connectivity index (χ1) is 14.1. The summed E-state index contributed by atoms with van der Waals surface area (Å²) in [5.41, 5.74) is 3.79. The molecule has 2 N–H and O–H groups in total. The Labute approximate surface area is 174 Å². The van der Waals surface area contributed by atoms with Gasteiger partial charge in [-0.2, -0.15) is 0 Å². The molecule has 1 aromatic carbocycles. The first-order valence-corrected chi connectivity index (χ1v) is 10.5. The fourth-order valence-corrected chi connectivity index (χ4v) is 3.73. The number of aliphatic imine (C=N–C) groups is 1. The molecule has 6 heteroatoms. The van der Waals surface area contributed by atoms with Gasteiger partial charge in [0.2, 0.25) is 0 Å². The minimum absolute atomic E-state index is 0.231. The summed E-state index contributed by atoms with van der Waals surface area (Å²) in [4.78, 5) is 11.3. The molecule has 1 aliphatic heterocycles. The van der Waals surface area contributed by atoms with E-state index in [2.05, 4.69) is 82.7 Å². The first-order valence-electron chi connectivity index (χ1n) is 10.5. The fraction of sp³-hybridized carbons (Fsp3) is 0.478.